The molecule has 26 heavy (non-hydrogen) atoms. The summed E-state index contributed by atoms with van der Waals surface area (Å²) >= 11 is 11.5. The molecular weight excluding hydrogens is 384 g/mol. The lowest BCUT2D eigenvalue weighted by atomic mass is 10.2. The molecule has 132 valence electrons. The largest absolute Gasteiger partial charge is 0.489 e. The second-order valence-electron chi connectivity index (χ2n) is 5.57. The van der Waals surface area contributed by atoms with E-state index >= 15 is 0 Å². The van der Waals surface area contributed by atoms with Crippen molar-refractivity contribution >= 4 is 58.4 Å². The maximum atomic E-state index is 11.8. The number of nitrogens with one attached hydrogen (secondary N) is 1. The third kappa shape index (κ3) is 4.75. The highest BCUT2D eigenvalue weighted by molar-refractivity contribution is 8.26. The van der Waals surface area contributed by atoms with Gasteiger partial charge >= 0.3 is 0 Å². The standard InChI is InChI=1S/C19H16N2O2S3/c1-2-21(25)15-8-6-13(7-9-15)12-23-16-5-3-4-14(10-16)11-17-18(22)20-19(24)26-17/h3-11H,2,12H2,1H3/p+1/b17-11+. The molecule has 0 radical (unpaired) electrons. The number of benzene rings is 2. The number of hydrogen-bond acceptors (Lipinski definition) is 5. The van der Waals surface area contributed by atoms with Crippen LogP contribution in [-0.2, 0) is 23.8 Å². The van der Waals surface area contributed by atoms with E-state index in [1.807, 2.05) is 61.5 Å². The van der Waals surface area contributed by atoms with E-state index in [0.29, 0.717) is 15.8 Å². The summed E-state index contributed by atoms with van der Waals surface area (Å²) in [6.45, 7) is 3.27. The fourth-order valence-electron chi connectivity index (χ4n) is 2.37. The van der Waals surface area contributed by atoms with Crippen LogP contribution in [0.15, 0.2) is 53.4 Å². The molecule has 2 aromatic carbocycles. The number of thiocarbonyl (C=S) groups is 1. The molecule has 1 aliphatic rings. The zero-order valence-electron chi connectivity index (χ0n) is 14.1. The lowest BCUT2D eigenvalue weighted by molar-refractivity contribution is -0.403. The summed E-state index contributed by atoms with van der Waals surface area (Å²) in [4.78, 5) is 12.3. The number of thioether (sulfide) groups is 1. The van der Waals surface area contributed by atoms with Crippen molar-refractivity contribution in [2.75, 3.05) is 6.54 Å². The Morgan fingerprint density at radius 3 is 2.65 bits per heavy atom. The van der Waals surface area contributed by atoms with Gasteiger partial charge in [-0.15, -0.1) is 3.95 Å². The highest BCUT2D eigenvalue weighted by Crippen LogP contribution is 2.27. The van der Waals surface area contributed by atoms with E-state index in [2.05, 4.69) is 5.32 Å². The predicted molar refractivity (Wildman–Crippen MR) is 111 cm³/mol. The molecule has 0 bridgehead atoms. The number of ether oxygens (including phenoxy) is 1. The van der Waals surface area contributed by atoms with Crippen LogP contribution in [0.3, 0.4) is 0 Å². The van der Waals surface area contributed by atoms with E-state index in [-0.39, 0.29) is 5.91 Å². The van der Waals surface area contributed by atoms with Gasteiger partial charge in [-0.1, -0.05) is 36.1 Å². The SMILES string of the molecule is CC[N+](=S)c1ccc(COc2cccc(/C=C3/SC(=S)NC3=O)c2)cc1. The van der Waals surface area contributed by atoms with E-state index in [1.54, 1.807) is 3.95 Å². The fourth-order valence-corrected chi connectivity index (χ4v) is 3.54. The van der Waals surface area contributed by atoms with Crippen LogP contribution in [-0.4, -0.2) is 20.7 Å². The Bertz CT molecular complexity index is 892. The van der Waals surface area contributed by atoms with E-state index in [1.165, 1.54) is 11.8 Å². The van der Waals surface area contributed by atoms with Crippen LogP contribution in [0.2, 0.25) is 0 Å². The first-order valence-electron chi connectivity index (χ1n) is 8.06. The minimum Gasteiger partial charge on any atom is -0.489 e. The van der Waals surface area contributed by atoms with Crippen LogP contribution in [0, 0.1) is 0 Å². The molecule has 0 saturated carbocycles. The summed E-state index contributed by atoms with van der Waals surface area (Å²) in [5.74, 6) is 0.585. The number of carbonyl (C=O) groups is 1. The first-order chi connectivity index (χ1) is 12.5. The Kier molecular flexibility index (Phi) is 6.13. The van der Waals surface area contributed by atoms with Crippen LogP contribution in [0.4, 0.5) is 5.69 Å². The highest BCUT2D eigenvalue weighted by atomic mass is 32.2. The highest BCUT2D eigenvalue weighted by Gasteiger charge is 2.21. The number of nitrogens with zero attached hydrogens (tertiary/aromatic N) is 1. The summed E-state index contributed by atoms with van der Waals surface area (Å²) < 4.78 is 8.12. The van der Waals surface area contributed by atoms with Crippen LogP contribution in [0.25, 0.3) is 6.08 Å². The van der Waals surface area contributed by atoms with Gasteiger partial charge in [-0.3, -0.25) is 4.79 Å². The Morgan fingerprint density at radius 1 is 1.23 bits per heavy atom. The fraction of sp³-hybridized carbons (Fsp3) is 0.158. The number of amides is 1. The zero-order valence-corrected chi connectivity index (χ0v) is 16.5. The Balaban J connectivity index is 1.66. The molecule has 1 N–H and O–H groups in total. The molecule has 1 aliphatic heterocycles. The molecule has 1 saturated heterocycles. The molecule has 3 rings (SSSR count). The van der Waals surface area contributed by atoms with E-state index in [9.17, 15) is 4.79 Å². The summed E-state index contributed by atoms with van der Waals surface area (Å²) in [5, 5.41) is 2.61. The molecule has 0 aromatic heterocycles. The van der Waals surface area contributed by atoms with Gasteiger partial charge in [-0.25, -0.2) is 0 Å². The van der Waals surface area contributed by atoms with Gasteiger partial charge in [0.1, 0.15) is 16.7 Å². The van der Waals surface area contributed by atoms with Gasteiger partial charge in [0, 0.05) is 12.1 Å². The van der Waals surface area contributed by atoms with Gasteiger partial charge in [0.05, 0.1) is 4.91 Å². The summed E-state index contributed by atoms with van der Waals surface area (Å²) in [5.41, 5.74) is 2.96. The van der Waals surface area contributed by atoms with Gasteiger partial charge in [-0.05, 0) is 48.4 Å². The van der Waals surface area contributed by atoms with Crippen molar-refractivity contribution in [2.45, 2.75) is 13.5 Å². The third-order valence-corrected chi connectivity index (χ3v) is 5.35. The molecule has 2 aromatic rings. The van der Waals surface area contributed by atoms with E-state index < -0.39 is 0 Å². The van der Waals surface area contributed by atoms with Gasteiger partial charge in [0.15, 0.2) is 6.54 Å². The predicted octanol–water partition coefficient (Wildman–Crippen LogP) is 4.15. The first-order valence-corrected chi connectivity index (χ1v) is 9.65. The van der Waals surface area contributed by atoms with Crippen molar-refractivity contribution in [3.05, 3.63) is 64.6 Å². The van der Waals surface area contributed by atoms with Crippen LogP contribution >= 0.6 is 24.0 Å². The smallest absolute Gasteiger partial charge is 0.270 e. The quantitative estimate of drug-likeness (QED) is 0.447. The minimum absolute atomic E-state index is 0.158. The lowest BCUT2D eigenvalue weighted by Gasteiger charge is -2.07. The van der Waals surface area contributed by atoms with Crippen LogP contribution in [0.5, 0.6) is 5.75 Å². The van der Waals surface area contributed by atoms with Gasteiger partial charge in [0.2, 0.25) is 5.69 Å². The average Bonchev–Trinajstić information content (AvgIpc) is 2.97. The molecule has 4 nitrogen and oxygen atoms in total. The first kappa shape index (κ1) is 18.7. The van der Waals surface area contributed by atoms with Crippen molar-refractivity contribution in [3.8, 4) is 5.75 Å². The monoisotopic (exact) mass is 401 g/mol. The molecule has 0 atom stereocenters. The molecule has 1 heterocycles. The lowest BCUT2D eigenvalue weighted by Crippen LogP contribution is -2.17. The normalized spacial score (nSPS) is 15.2. The molecule has 1 fully saturated rings. The Morgan fingerprint density at radius 2 is 2.00 bits per heavy atom. The number of carbonyl (C=O) groups excluding carboxylic acids is 1. The van der Waals surface area contributed by atoms with Gasteiger partial charge < -0.3 is 10.1 Å². The maximum absolute atomic E-state index is 11.8. The van der Waals surface area contributed by atoms with Crippen molar-refractivity contribution in [1.29, 1.82) is 0 Å². The third-order valence-electron chi connectivity index (χ3n) is 3.71. The van der Waals surface area contributed by atoms with Gasteiger partial charge in [0.25, 0.3) is 18.3 Å². The molecule has 0 spiro atoms. The number of hydrogen-bond donors (Lipinski definition) is 1. The topological polar surface area (TPSA) is 41.3 Å². The summed E-state index contributed by atoms with van der Waals surface area (Å²) in [6, 6.07) is 15.6. The molecular formula is C19H17N2O2S3+. The molecule has 0 unspecified atom stereocenters. The minimum atomic E-state index is -0.158. The van der Waals surface area contributed by atoms with Crippen molar-refractivity contribution < 1.29 is 13.5 Å². The van der Waals surface area contributed by atoms with Crippen LogP contribution < -0.4 is 10.1 Å². The van der Waals surface area contributed by atoms with E-state index in [4.69, 9.17) is 29.4 Å². The van der Waals surface area contributed by atoms with Crippen LogP contribution in [0.1, 0.15) is 18.1 Å². The summed E-state index contributed by atoms with van der Waals surface area (Å²) in [7, 11) is 0. The van der Waals surface area contributed by atoms with Crippen molar-refractivity contribution in [1.82, 2.24) is 5.32 Å². The van der Waals surface area contributed by atoms with E-state index in [0.717, 1.165) is 29.1 Å². The average molecular weight is 402 g/mol. The summed E-state index contributed by atoms with van der Waals surface area (Å²) in [6.07, 6.45) is 1.81. The Hall–Kier alpha value is -2.09. The Labute approximate surface area is 167 Å². The second-order valence-corrected chi connectivity index (χ2v) is 7.73. The molecule has 0 aliphatic carbocycles. The number of rotatable bonds is 6. The second kappa shape index (κ2) is 8.53. The zero-order chi connectivity index (χ0) is 18.5. The van der Waals surface area contributed by atoms with Crippen molar-refractivity contribution in [3.63, 3.8) is 0 Å². The molecule has 1 amide bonds. The van der Waals surface area contributed by atoms with Gasteiger partial charge in [-0.2, -0.15) is 0 Å². The molecule has 7 heteroatoms. The maximum Gasteiger partial charge on any atom is 0.270 e. The van der Waals surface area contributed by atoms with Crippen molar-refractivity contribution in [2.24, 2.45) is 0 Å².